The van der Waals surface area contributed by atoms with Crippen LogP contribution >= 0.6 is 11.3 Å². The molecule has 1 aromatic carbocycles. The van der Waals surface area contributed by atoms with Gasteiger partial charge in [0.1, 0.15) is 0 Å². The Morgan fingerprint density at radius 1 is 1.16 bits per heavy atom. The minimum Gasteiger partial charge on any atom is -0.493 e. The fourth-order valence-corrected chi connectivity index (χ4v) is 4.53. The number of carbonyl (C=O) groups excluding carboxylic acids is 1. The molecule has 8 nitrogen and oxygen atoms in total. The van der Waals surface area contributed by atoms with E-state index in [0.29, 0.717) is 24.7 Å². The molecule has 0 saturated carbocycles. The van der Waals surface area contributed by atoms with E-state index < -0.39 is 0 Å². The zero-order valence-corrected chi connectivity index (χ0v) is 18.6. The number of benzene rings is 1. The summed E-state index contributed by atoms with van der Waals surface area (Å²) in [6, 6.07) is 9.68. The Labute approximate surface area is 185 Å². The quantitative estimate of drug-likeness (QED) is 0.578. The van der Waals surface area contributed by atoms with Gasteiger partial charge >= 0.3 is 0 Å². The van der Waals surface area contributed by atoms with Crippen LogP contribution in [0, 0.1) is 5.92 Å². The van der Waals surface area contributed by atoms with E-state index in [9.17, 15) is 4.79 Å². The number of nitrogens with zero attached hydrogens (tertiary/aromatic N) is 4. The van der Waals surface area contributed by atoms with E-state index in [2.05, 4.69) is 20.4 Å². The first-order chi connectivity index (χ1) is 15.2. The van der Waals surface area contributed by atoms with Crippen molar-refractivity contribution in [2.24, 2.45) is 5.92 Å². The van der Waals surface area contributed by atoms with Gasteiger partial charge in [0.15, 0.2) is 11.5 Å². The van der Waals surface area contributed by atoms with E-state index in [0.717, 1.165) is 41.8 Å². The average Bonchev–Trinajstić information content (AvgIpc) is 3.50. The average molecular weight is 442 g/mol. The molecule has 0 radical (unpaired) electrons. The summed E-state index contributed by atoms with van der Waals surface area (Å²) in [7, 11) is 1.62. The molecule has 164 valence electrons. The predicted molar refractivity (Wildman–Crippen MR) is 120 cm³/mol. The molecule has 3 heterocycles. The van der Waals surface area contributed by atoms with Crippen LogP contribution in [0.1, 0.15) is 25.3 Å². The Bertz CT molecular complexity index is 997. The SMILES string of the molecule is CCOc1ccc(CNC(=O)C2CCN(c3nnc(-n4cccc4)s3)CC2)cc1OC. The van der Waals surface area contributed by atoms with Crippen LogP contribution in [0.5, 0.6) is 11.5 Å². The number of piperidine rings is 1. The zero-order valence-electron chi connectivity index (χ0n) is 17.8. The number of amides is 1. The van der Waals surface area contributed by atoms with Crippen LogP contribution in [0.3, 0.4) is 0 Å². The molecular formula is C22H27N5O3S. The van der Waals surface area contributed by atoms with Gasteiger partial charge in [0.2, 0.25) is 16.2 Å². The number of anilines is 1. The lowest BCUT2D eigenvalue weighted by atomic mass is 9.96. The molecule has 0 bridgehead atoms. The molecule has 9 heteroatoms. The summed E-state index contributed by atoms with van der Waals surface area (Å²) in [6.45, 7) is 4.59. The lowest BCUT2D eigenvalue weighted by Crippen LogP contribution is -2.40. The minimum atomic E-state index is 0.0117. The van der Waals surface area contributed by atoms with E-state index in [1.165, 1.54) is 0 Å². The second-order valence-electron chi connectivity index (χ2n) is 7.35. The maximum absolute atomic E-state index is 12.7. The first-order valence-electron chi connectivity index (χ1n) is 10.5. The van der Waals surface area contributed by atoms with Crippen LogP contribution in [0.15, 0.2) is 42.7 Å². The minimum absolute atomic E-state index is 0.0117. The number of hydrogen-bond donors (Lipinski definition) is 1. The molecule has 31 heavy (non-hydrogen) atoms. The fraction of sp³-hybridized carbons (Fsp3) is 0.409. The van der Waals surface area contributed by atoms with Gasteiger partial charge in [-0.2, -0.15) is 0 Å². The highest BCUT2D eigenvalue weighted by atomic mass is 32.1. The van der Waals surface area contributed by atoms with Gasteiger partial charge in [-0.15, -0.1) is 10.2 Å². The van der Waals surface area contributed by atoms with Crippen molar-refractivity contribution in [1.82, 2.24) is 20.1 Å². The summed E-state index contributed by atoms with van der Waals surface area (Å²) < 4.78 is 12.9. The van der Waals surface area contributed by atoms with E-state index in [4.69, 9.17) is 9.47 Å². The Morgan fingerprint density at radius 3 is 2.61 bits per heavy atom. The van der Waals surface area contributed by atoms with E-state index in [1.807, 2.05) is 54.2 Å². The van der Waals surface area contributed by atoms with Crippen molar-refractivity contribution in [2.45, 2.75) is 26.3 Å². The summed E-state index contributed by atoms with van der Waals surface area (Å²) in [6.07, 6.45) is 5.52. The molecule has 0 unspecified atom stereocenters. The summed E-state index contributed by atoms with van der Waals surface area (Å²) in [5, 5.41) is 13.4. The normalized spacial score (nSPS) is 14.5. The zero-order chi connectivity index (χ0) is 21.6. The number of aromatic nitrogens is 3. The Balaban J connectivity index is 1.28. The second-order valence-corrected chi connectivity index (χ2v) is 8.29. The molecule has 3 aromatic rings. The van der Waals surface area contributed by atoms with Crippen molar-refractivity contribution in [3.63, 3.8) is 0 Å². The summed E-state index contributed by atoms with van der Waals surface area (Å²) in [5.41, 5.74) is 0.984. The number of ether oxygens (including phenoxy) is 2. The highest BCUT2D eigenvalue weighted by Gasteiger charge is 2.26. The summed E-state index contributed by atoms with van der Waals surface area (Å²) in [5.74, 6) is 1.50. The number of nitrogens with one attached hydrogen (secondary N) is 1. The summed E-state index contributed by atoms with van der Waals surface area (Å²) in [4.78, 5) is 14.9. The van der Waals surface area contributed by atoms with Gasteiger partial charge in [0.25, 0.3) is 0 Å². The van der Waals surface area contributed by atoms with Gasteiger partial charge in [0, 0.05) is 37.9 Å². The van der Waals surface area contributed by atoms with Gasteiger partial charge in [-0.25, -0.2) is 0 Å². The topological polar surface area (TPSA) is 81.5 Å². The molecule has 1 saturated heterocycles. The number of rotatable bonds is 8. The highest BCUT2D eigenvalue weighted by Crippen LogP contribution is 2.29. The predicted octanol–water partition coefficient (Wildman–Crippen LogP) is 3.27. The highest BCUT2D eigenvalue weighted by molar-refractivity contribution is 7.17. The van der Waals surface area contributed by atoms with Gasteiger partial charge in [-0.05, 0) is 49.6 Å². The molecule has 1 aliphatic rings. The van der Waals surface area contributed by atoms with E-state index >= 15 is 0 Å². The maximum Gasteiger partial charge on any atom is 0.223 e. The third kappa shape index (κ3) is 4.99. The van der Waals surface area contributed by atoms with Crippen LogP contribution in [0.25, 0.3) is 5.13 Å². The Morgan fingerprint density at radius 2 is 1.90 bits per heavy atom. The van der Waals surface area contributed by atoms with Crippen LogP contribution in [-0.2, 0) is 11.3 Å². The molecular weight excluding hydrogens is 414 g/mol. The van der Waals surface area contributed by atoms with Crippen LogP contribution < -0.4 is 19.7 Å². The molecule has 1 N–H and O–H groups in total. The first kappa shape index (κ1) is 21.2. The molecule has 1 amide bonds. The molecule has 4 rings (SSSR count). The van der Waals surface area contributed by atoms with Crippen molar-refractivity contribution < 1.29 is 14.3 Å². The lowest BCUT2D eigenvalue weighted by molar-refractivity contribution is -0.125. The van der Waals surface area contributed by atoms with Gasteiger partial charge in [-0.3, -0.25) is 9.36 Å². The number of hydrogen-bond acceptors (Lipinski definition) is 7. The van der Waals surface area contributed by atoms with Gasteiger partial charge < -0.3 is 19.7 Å². The van der Waals surface area contributed by atoms with Crippen molar-refractivity contribution in [3.05, 3.63) is 48.3 Å². The molecule has 0 aliphatic carbocycles. The monoisotopic (exact) mass is 441 g/mol. The molecule has 0 atom stereocenters. The van der Waals surface area contributed by atoms with Crippen molar-refractivity contribution in [1.29, 1.82) is 0 Å². The van der Waals surface area contributed by atoms with Crippen molar-refractivity contribution >= 4 is 22.4 Å². The number of carbonyl (C=O) groups is 1. The molecule has 1 fully saturated rings. The van der Waals surface area contributed by atoms with Crippen LogP contribution in [0.2, 0.25) is 0 Å². The largest absolute Gasteiger partial charge is 0.493 e. The maximum atomic E-state index is 12.7. The van der Waals surface area contributed by atoms with Crippen molar-refractivity contribution in [3.8, 4) is 16.6 Å². The molecule has 0 spiro atoms. The van der Waals surface area contributed by atoms with Gasteiger partial charge in [0.05, 0.1) is 13.7 Å². The number of methoxy groups -OCH3 is 1. The first-order valence-corrected chi connectivity index (χ1v) is 11.3. The second kappa shape index (κ2) is 9.82. The van der Waals surface area contributed by atoms with Crippen LogP contribution in [0.4, 0.5) is 5.13 Å². The van der Waals surface area contributed by atoms with Crippen LogP contribution in [-0.4, -0.2) is 47.5 Å². The van der Waals surface area contributed by atoms with Gasteiger partial charge in [-0.1, -0.05) is 17.4 Å². The summed E-state index contributed by atoms with van der Waals surface area (Å²) >= 11 is 1.57. The third-order valence-electron chi connectivity index (χ3n) is 5.36. The lowest BCUT2D eigenvalue weighted by Gasteiger charge is -2.30. The molecule has 1 aliphatic heterocycles. The fourth-order valence-electron chi connectivity index (χ4n) is 3.67. The third-order valence-corrected chi connectivity index (χ3v) is 6.36. The van der Waals surface area contributed by atoms with Crippen molar-refractivity contribution in [2.75, 3.05) is 31.7 Å². The smallest absolute Gasteiger partial charge is 0.223 e. The van der Waals surface area contributed by atoms with E-state index in [1.54, 1.807) is 18.4 Å². The molecule has 2 aromatic heterocycles. The Kier molecular flexibility index (Phi) is 6.71. The standard InChI is InChI=1S/C22H27N5O3S/c1-3-30-18-7-6-16(14-19(18)29-2)15-23-20(28)17-8-12-27(13-9-17)22-25-24-21(31-22)26-10-4-5-11-26/h4-7,10-11,14,17H,3,8-9,12-13,15H2,1-2H3,(H,23,28). The Hall–Kier alpha value is -3.07. The van der Waals surface area contributed by atoms with E-state index in [-0.39, 0.29) is 11.8 Å².